The van der Waals surface area contributed by atoms with Gasteiger partial charge in [-0.25, -0.2) is 9.67 Å². The number of carbonyl (C=O) groups is 1. The second kappa shape index (κ2) is 6.99. The van der Waals surface area contributed by atoms with Gasteiger partial charge in [-0.15, -0.1) is 11.3 Å². The molecule has 1 saturated carbocycles. The second-order valence-corrected chi connectivity index (χ2v) is 7.48. The Labute approximate surface area is 154 Å². The van der Waals surface area contributed by atoms with Gasteiger partial charge >= 0.3 is 0 Å². The molecular formula is C19H20N4O2S. The van der Waals surface area contributed by atoms with Gasteiger partial charge < -0.3 is 5.32 Å². The fourth-order valence-electron chi connectivity index (χ4n) is 3.54. The molecule has 134 valence electrons. The van der Waals surface area contributed by atoms with Crippen LogP contribution in [-0.2, 0) is 6.54 Å². The zero-order chi connectivity index (χ0) is 18.1. The predicted octanol–water partition coefficient (Wildman–Crippen LogP) is 2.92. The van der Waals surface area contributed by atoms with Gasteiger partial charge in [0.05, 0.1) is 22.6 Å². The maximum Gasteiger partial charge on any atom is 0.275 e. The summed E-state index contributed by atoms with van der Waals surface area (Å²) in [7, 11) is 1.56. The van der Waals surface area contributed by atoms with Crippen molar-refractivity contribution in [2.24, 2.45) is 0 Å². The number of hydrogen-bond donors (Lipinski definition) is 1. The Morgan fingerprint density at radius 2 is 2.00 bits per heavy atom. The van der Waals surface area contributed by atoms with Crippen LogP contribution in [0.1, 0.15) is 52.8 Å². The summed E-state index contributed by atoms with van der Waals surface area (Å²) in [6.07, 6.45) is 4.92. The summed E-state index contributed by atoms with van der Waals surface area (Å²) in [6, 6.07) is 7.07. The number of benzene rings is 1. The highest BCUT2D eigenvalue weighted by Crippen LogP contribution is 2.35. The lowest BCUT2D eigenvalue weighted by atomic mass is 10.1. The van der Waals surface area contributed by atoms with Crippen molar-refractivity contribution >= 4 is 28.0 Å². The van der Waals surface area contributed by atoms with E-state index in [-0.39, 0.29) is 23.7 Å². The fourth-order valence-corrected chi connectivity index (χ4v) is 4.52. The van der Waals surface area contributed by atoms with Crippen molar-refractivity contribution in [3.63, 3.8) is 0 Å². The highest BCUT2D eigenvalue weighted by Gasteiger charge is 2.21. The third kappa shape index (κ3) is 3.03. The van der Waals surface area contributed by atoms with Crippen LogP contribution in [0.4, 0.5) is 0 Å². The molecule has 0 unspecified atom stereocenters. The number of thiazole rings is 1. The van der Waals surface area contributed by atoms with Crippen LogP contribution in [0.15, 0.2) is 34.4 Å². The minimum absolute atomic E-state index is 0.205. The molecule has 7 heteroatoms. The van der Waals surface area contributed by atoms with Gasteiger partial charge in [0.25, 0.3) is 11.5 Å². The quantitative estimate of drug-likeness (QED) is 0.768. The summed E-state index contributed by atoms with van der Waals surface area (Å²) >= 11 is 1.66. The molecule has 0 bridgehead atoms. The average Bonchev–Trinajstić information content (AvgIpc) is 3.35. The topological polar surface area (TPSA) is 76.9 Å². The summed E-state index contributed by atoms with van der Waals surface area (Å²) in [5.74, 6) is 0.247. The van der Waals surface area contributed by atoms with Crippen molar-refractivity contribution in [3.8, 4) is 0 Å². The number of nitrogens with one attached hydrogen (secondary N) is 1. The summed E-state index contributed by atoms with van der Waals surface area (Å²) in [4.78, 5) is 29.7. The molecule has 0 aliphatic heterocycles. The summed E-state index contributed by atoms with van der Waals surface area (Å²) in [5.41, 5.74) is 0.877. The van der Waals surface area contributed by atoms with E-state index in [9.17, 15) is 9.59 Å². The molecule has 0 atom stereocenters. The SMILES string of the molecule is CNC(=O)c1nn(Cc2csc(C3CCCC3)n2)c(=O)c2ccccc12. The van der Waals surface area contributed by atoms with E-state index in [2.05, 4.69) is 10.4 Å². The molecule has 0 radical (unpaired) electrons. The molecule has 26 heavy (non-hydrogen) atoms. The van der Waals surface area contributed by atoms with Crippen LogP contribution in [0.3, 0.4) is 0 Å². The summed E-state index contributed by atoms with van der Waals surface area (Å²) in [6.45, 7) is 0.275. The van der Waals surface area contributed by atoms with E-state index in [0.717, 1.165) is 10.7 Å². The molecule has 1 N–H and O–H groups in total. The molecule has 1 fully saturated rings. The standard InChI is InChI=1S/C19H20N4O2S/c1-20-17(24)16-14-8-4-5-9-15(14)19(25)23(22-16)10-13-11-26-18(21-13)12-6-2-3-7-12/h4-5,8-9,11-12H,2-3,6-7,10H2,1H3,(H,20,24). The van der Waals surface area contributed by atoms with E-state index in [1.807, 2.05) is 5.38 Å². The number of amides is 1. The lowest BCUT2D eigenvalue weighted by Gasteiger charge is -2.09. The molecule has 2 aromatic heterocycles. The molecule has 1 aliphatic carbocycles. The first-order valence-electron chi connectivity index (χ1n) is 8.83. The van der Waals surface area contributed by atoms with Gasteiger partial charge in [0.2, 0.25) is 0 Å². The molecule has 1 aliphatic rings. The molecule has 2 heterocycles. The van der Waals surface area contributed by atoms with E-state index in [4.69, 9.17) is 4.98 Å². The first-order valence-corrected chi connectivity index (χ1v) is 9.71. The van der Waals surface area contributed by atoms with Crippen LogP contribution in [-0.4, -0.2) is 27.7 Å². The largest absolute Gasteiger partial charge is 0.354 e. The Morgan fingerprint density at radius 1 is 1.27 bits per heavy atom. The van der Waals surface area contributed by atoms with Crippen LogP contribution in [0.2, 0.25) is 0 Å². The number of rotatable bonds is 4. The van der Waals surface area contributed by atoms with Crippen LogP contribution < -0.4 is 10.9 Å². The monoisotopic (exact) mass is 368 g/mol. The van der Waals surface area contributed by atoms with Gasteiger partial charge in [-0.3, -0.25) is 9.59 Å². The van der Waals surface area contributed by atoms with Crippen LogP contribution in [0.25, 0.3) is 10.8 Å². The van der Waals surface area contributed by atoms with Crippen molar-refractivity contribution in [3.05, 3.63) is 56.4 Å². The number of carbonyl (C=O) groups excluding carboxylic acids is 1. The Balaban J connectivity index is 1.73. The molecule has 4 rings (SSSR count). The Bertz CT molecular complexity index is 1020. The third-order valence-electron chi connectivity index (χ3n) is 4.90. The van der Waals surface area contributed by atoms with Crippen LogP contribution in [0.5, 0.6) is 0 Å². The molecule has 3 aromatic rings. The van der Waals surface area contributed by atoms with Crippen molar-refractivity contribution in [2.45, 2.75) is 38.1 Å². The van der Waals surface area contributed by atoms with Gasteiger partial charge in [0, 0.05) is 23.7 Å². The first-order chi connectivity index (χ1) is 12.7. The molecule has 0 saturated heterocycles. The molecule has 6 nitrogen and oxygen atoms in total. The maximum absolute atomic E-state index is 12.8. The van der Waals surface area contributed by atoms with Gasteiger partial charge in [0.1, 0.15) is 0 Å². The van der Waals surface area contributed by atoms with E-state index < -0.39 is 0 Å². The molecule has 0 spiro atoms. The number of fused-ring (bicyclic) bond motifs is 1. The molecular weight excluding hydrogens is 348 g/mol. The zero-order valence-corrected chi connectivity index (χ0v) is 15.4. The summed E-state index contributed by atoms with van der Waals surface area (Å²) < 4.78 is 1.35. The highest BCUT2D eigenvalue weighted by atomic mass is 32.1. The van der Waals surface area contributed by atoms with Gasteiger partial charge in [-0.1, -0.05) is 31.0 Å². The molecule has 1 amide bonds. The van der Waals surface area contributed by atoms with E-state index in [0.29, 0.717) is 16.7 Å². The zero-order valence-electron chi connectivity index (χ0n) is 14.6. The lowest BCUT2D eigenvalue weighted by molar-refractivity contribution is 0.0957. The number of nitrogens with zero attached hydrogens (tertiary/aromatic N) is 3. The predicted molar refractivity (Wildman–Crippen MR) is 102 cm³/mol. The minimum Gasteiger partial charge on any atom is -0.354 e. The Morgan fingerprint density at radius 3 is 2.73 bits per heavy atom. The van der Waals surface area contributed by atoms with Crippen molar-refractivity contribution in [2.75, 3.05) is 7.05 Å². The van der Waals surface area contributed by atoms with Crippen molar-refractivity contribution < 1.29 is 4.79 Å². The van der Waals surface area contributed by atoms with Crippen LogP contribution in [0, 0.1) is 0 Å². The highest BCUT2D eigenvalue weighted by molar-refractivity contribution is 7.09. The van der Waals surface area contributed by atoms with Gasteiger partial charge in [0.15, 0.2) is 5.69 Å². The Kier molecular flexibility index (Phi) is 4.55. The second-order valence-electron chi connectivity index (χ2n) is 6.59. The first kappa shape index (κ1) is 16.9. The lowest BCUT2D eigenvalue weighted by Crippen LogP contribution is -2.29. The summed E-state index contributed by atoms with van der Waals surface area (Å²) in [5, 5.41) is 11.1. The minimum atomic E-state index is -0.306. The maximum atomic E-state index is 12.8. The number of hydrogen-bond acceptors (Lipinski definition) is 5. The normalized spacial score (nSPS) is 14.8. The van der Waals surface area contributed by atoms with Gasteiger partial charge in [-0.2, -0.15) is 5.10 Å². The molecule has 1 aromatic carbocycles. The van der Waals surface area contributed by atoms with Crippen molar-refractivity contribution in [1.82, 2.24) is 20.1 Å². The van der Waals surface area contributed by atoms with E-state index >= 15 is 0 Å². The smallest absolute Gasteiger partial charge is 0.275 e. The van der Waals surface area contributed by atoms with E-state index in [1.54, 1.807) is 42.6 Å². The average molecular weight is 368 g/mol. The number of aromatic nitrogens is 3. The van der Waals surface area contributed by atoms with Crippen LogP contribution >= 0.6 is 11.3 Å². The van der Waals surface area contributed by atoms with Gasteiger partial charge in [-0.05, 0) is 18.9 Å². The van der Waals surface area contributed by atoms with E-state index in [1.165, 1.54) is 30.4 Å². The fraction of sp³-hybridized carbons (Fsp3) is 0.368. The van der Waals surface area contributed by atoms with Crippen molar-refractivity contribution in [1.29, 1.82) is 0 Å². The Hall–Kier alpha value is -2.54. The third-order valence-corrected chi connectivity index (χ3v) is 5.95.